The van der Waals surface area contributed by atoms with Crippen molar-refractivity contribution in [3.63, 3.8) is 0 Å². The predicted octanol–water partition coefficient (Wildman–Crippen LogP) is 0.840. The molecule has 1 aliphatic rings. The fourth-order valence-electron chi connectivity index (χ4n) is 2.06. The van der Waals surface area contributed by atoms with Crippen molar-refractivity contribution in [2.75, 3.05) is 13.1 Å². The van der Waals surface area contributed by atoms with Gasteiger partial charge in [-0.3, -0.25) is 9.59 Å². The van der Waals surface area contributed by atoms with E-state index in [0.717, 1.165) is 19.5 Å². The highest BCUT2D eigenvalue weighted by molar-refractivity contribution is 5.83. The van der Waals surface area contributed by atoms with Crippen molar-refractivity contribution in [3.05, 3.63) is 0 Å². The van der Waals surface area contributed by atoms with Gasteiger partial charge >= 0.3 is 5.97 Å². The molecule has 0 saturated carbocycles. The third-order valence-electron chi connectivity index (χ3n) is 2.97. The van der Waals surface area contributed by atoms with E-state index >= 15 is 0 Å². The summed E-state index contributed by atoms with van der Waals surface area (Å²) < 4.78 is 0. The lowest BCUT2D eigenvalue weighted by molar-refractivity contribution is -0.139. The molecule has 1 saturated heterocycles. The van der Waals surface area contributed by atoms with Crippen molar-refractivity contribution in [2.45, 2.75) is 51.6 Å². The van der Waals surface area contributed by atoms with Gasteiger partial charge < -0.3 is 15.3 Å². The molecular formula is C12H22N2O3. The summed E-state index contributed by atoms with van der Waals surface area (Å²) in [7, 11) is 0. The van der Waals surface area contributed by atoms with E-state index in [9.17, 15) is 9.59 Å². The van der Waals surface area contributed by atoms with Crippen molar-refractivity contribution >= 4 is 11.9 Å². The zero-order chi connectivity index (χ0) is 13.1. The van der Waals surface area contributed by atoms with Gasteiger partial charge in [0, 0.05) is 18.5 Å². The number of hydrogen-bond acceptors (Lipinski definition) is 3. The van der Waals surface area contributed by atoms with Crippen LogP contribution in [0.5, 0.6) is 0 Å². The number of amides is 1. The van der Waals surface area contributed by atoms with Crippen molar-refractivity contribution in [2.24, 2.45) is 0 Å². The molecule has 98 valence electrons. The fourth-order valence-corrected chi connectivity index (χ4v) is 2.06. The molecule has 1 atom stereocenters. The highest BCUT2D eigenvalue weighted by atomic mass is 16.4. The molecule has 17 heavy (non-hydrogen) atoms. The average molecular weight is 242 g/mol. The minimum Gasteiger partial charge on any atom is -0.481 e. The summed E-state index contributed by atoms with van der Waals surface area (Å²) in [5.41, 5.74) is -0.204. The van der Waals surface area contributed by atoms with Crippen LogP contribution in [0.1, 0.15) is 40.0 Å². The van der Waals surface area contributed by atoms with E-state index in [2.05, 4.69) is 5.32 Å². The van der Waals surface area contributed by atoms with Crippen molar-refractivity contribution in [3.8, 4) is 0 Å². The monoisotopic (exact) mass is 242 g/mol. The molecule has 1 rings (SSSR count). The Morgan fingerprint density at radius 3 is 2.71 bits per heavy atom. The van der Waals surface area contributed by atoms with Crippen LogP contribution in [0.3, 0.4) is 0 Å². The maximum Gasteiger partial charge on any atom is 0.303 e. The van der Waals surface area contributed by atoms with E-state index in [0.29, 0.717) is 6.42 Å². The number of aliphatic carboxylic acids is 1. The molecule has 5 nitrogen and oxygen atoms in total. The topological polar surface area (TPSA) is 69.6 Å². The maximum absolute atomic E-state index is 12.3. The molecule has 0 radical (unpaired) electrons. The zero-order valence-corrected chi connectivity index (χ0v) is 10.8. The van der Waals surface area contributed by atoms with E-state index in [1.807, 2.05) is 25.7 Å². The summed E-state index contributed by atoms with van der Waals surface area (Å²) in [4.78, 5) is 24.7. The van der Waals surface area contributed by atoms with Gasteiger partial charge in [0.05, 0.1) is 6.04 Å². The molecule has 1 aliphatic heterocycles. The van der Waals surface area contributed by atoms with Crippen LogP contribution in [0.15, 0.2) is 0 Å². The van der Waals surface area contributed by atoms with Crippen molar-refractivity contribution in [1.82, 2.24) is 10.2 Å². The van der Waals surface area contributed by atoms with Crippen molar-refractivity contribution < 1.29 is 14.7 Å². The molecule has 1 fully saturated rings. The molecule has 0 spiro atoms. The van der Waals surface area contributed by atoms with Gasteiger partial charge in [-0.2, -0.15) is 0 Å². The van der Waals surface area contributed by atoms with E-state index < -0.39 is 5.97 Å². The SMILES string of the molecule is CC(C)(C)N1CCCNC(CCC(=O)O)C1=O. The van der Waals surface area contributed by atoms with Gasteiger partial charge in [0.2, 0.25) is 5.91 Å². The molecule has 0 aromatic heterocycles. The molecule has 0 aromatic carbocycles. The summed E-state index contributed by atoms with van der Waals surface area (Å²) in [6.45, 7) is 7.51. The first-order valence-corrected chi connectivity index (χ1v) is 6.09. The maximum atomic E-state index is 12.3. The van der Waals surface area contributed by atoms with Gasteiger partial charge in [-0.15, -0.1) is 0 Å². The van der Waals surface area contributed by atoms with Crippen LogP contribution in [0.2, 0.25) is 0 Å². The first-order chi connectivity index (χ1) is 7.82. The Hall–Kier alpha value is -1.10. The Kier molecular flexibility index (Phi) is 4.51. The highest BCUT2D eigenvalue weighted by Gasteiger charge is 2.33. The number of carbonyl (C=O) groups excluding carboxylic acids is 1. The number of carbonyl (C=O) groups is 2. The van der Waals surface area contributed by atoms with Crippen LogP contribution in [-0.4, -0.2) is 46.6 Å². The van der Waals surface area contributed by atoms with E-state index in [4.69, 9.17) is 5.11 Å². The second kappa shape index (κ2) is 5.49. The Morgan fingerprint density at radius 1 is 1.53 bits per heavy atom. The molecule has 0 aliphatic carbocycles. The summed E-state index contributed by atoms with van der Waals surface area (Å²) in [5.74, 6) is -0.831. The Morgan fingerprint density at radius 2 is 2.18 bits per heavy atom. The minimum atomic E-state index is -0.855. The lowest BCUT2D eigenvalue weighted by atomic mass is 10.0. The first kappa shape index (κ1) is 14.0. The predicted molar refractivity (Wildman–Crippen MR) is 64.7 cm³/mol. The quantitative estimate of drug-likeness (QED) is 0.769. The molecule has 1 unspecified atom stereocenters. The number of carboxylic acid groups (broad SMARTS) is 1. The van der Waals surface area contributed by atoms with Gasteiger partial charge in [-0.25, -0.2) is 0 Å². The lowest BCUT2D eigenvalue weighted by Crippen LogP contribution is -2.51. The molecule has 1 heterocycles. The third-order valence-corrected chi connectivity index (χ3v) is 2.97. The second-order valence-corrected chi connectivity index (χ2v) is 5.45. The van der Waals surface area contributed by atoms with Crippen LogP contribution in [0.4, 0.5) is 0 Å². The lowest BCUT2D eigenvalue weighted by Gasteiger charge is -2.36. The summed E-state index contributed by atoms with van der Waals surface area (Å²) in [6.07, 6.45) is 1.30. The zero-order valence-electron chi connectivity index (χ0n) is 10.8. The smallest absolute Gasteiger partial charge is 0.303 e. The molecular weight excluding hydrogens is 220 g/mol. The van der Waals surface area contributed by atoms with Crippen molar-refractivity contribution in [1.29, 1.82) is 0 Å². The largest absolute Gasteiger partial charge is 0.481 e. The van der Waals surface area contributed by atoms with Gasteiger partial charge in [0.25, 0.3) is 0 Å². The molecule has 1 amide bonds. The Bertz CT molecular complexity index is 297. The number of nitrogens with one attached hydrogen (secondary N) is 1. The van der Waals surface area contributed by atoms with Crippen LogP contribution in [0, 0.1) is 0 Å². The molecule has 0 aromatic rings. The van der Waals surface area contributed by atoms with Crippen LogP contribution < -0.4 is 5.32 Å². The van der Waals surface area contributed by atoms with Gasteiger partial charge in [-0.05, 0) is 40.2 Å². The second-order valence-electron chi connectivity index (χ2n) is 5.45. The fraction of sp³-hybridized carbons (Fsp3) is 0.833. The van der Waals surface area contributed by atoms with Crippen LogP contribution in [-0.2, 0) is 9.59 Å². The number of nitrogens with zero attached hydrogens (tertiary/aromatic N) is 1. The minimum absolute atomic E-state index is 0.0243. The van der Waals surface area contributed by atoms with Crippen LogP contribution in [0.25, 0.3) is 0 Å². The summed E-state index contributed by atoms with van der Waals surface area (Å²) in [5, 5.41) is 11.8. The summed E-state index contributed by atoms with van der Waals surface area (Å²) in [6, 6.07) is -0.354. The molecule has 0 bridgehead atoms. The average Bonchev–Trinajstić information content (AvgIpc) is 2.36. The third kappa shape index (κ3) is 4.00. The van der Waals surface area contributed by atoms with E-state index in [1.165, 1.54) is 0 Å². The van der Waals surface area contributed by atoms with Gasteiger partial charge in [0.1, 0.15) is 0 Å². The normalized spacial score (nSPS) is 22.4. The number of rotatable bonds is 3. The first-order valence-electron chi connectivity index (χ1n) is 6.09. The standard InChI is InChI=1S/C12H22N2O3/c1-12(2,3)14-8-4-7-13-9(11(14)17)5-6-10(15)16/h9,13H,4-8H2,1-3H3,(H,15,16). The van der Waals surface area contributed by atoms with E-state index in [-0.39, 0.29) is 23.9 Å². The van der Waals surface area contributed by atoms with Gasteiger partial charge in [0.15, 0.2) is 0 Å². The van der Waals surface area contributed by atoms with Gasteiger partial charge in [-0.1, -0.05) is 0 Å². The van der Waals surface area contributed by atoms with E-state index in [1.54, 1.807) is 0 Å². The number of hydrogen-bond donors (Lipinski definition) is 2. The summed E-state index contributed by atoms with van der Waals surface area (Å²) >= 11 is 0. The van der Waals surface area contributed by atoms with Crippen LogP contribution >= 0.6 is 0 Å². The molecule has 5 heteroatoms. The molecule has 2 N–H and O–H groups in total. The Balaban J connectivity index is 2.70. The Labute approximate surface area is 102 Å². The highest BCUT2D eigenvalue weighted by Crippen LogP contribution is 2.18. The number of carboxylic acids is 1.